The molecule has 0 fully saturated rings. The molecule has 0 unspecified atom stereocenters. The number of ether oxygens (including phenoxy) is 1. The molecule has 0 bridgehead atoms. The molecule has 0 radical (unpaired) electrons. The summed E-state index contributed by atoms with van der Waals surface area (Å²) in [4.78, 5) is 12.2. The summed E-state index contributed by atoms with van der Waals surface area (Å²) in [5, 5.41) is 11.2. The standard InChI is InChI=1S/C14H11ClN2O3S/c15-12-4-1-5-13(17(18)19)14(12)20-9-11-7-6-10(21-11)3-2-8-16/h1,4-7H,8-9,16H2. The molecule has 1 aromatic carbocycles. The molecule has 0 atom stereocenters. The number of rotatable bonds is 4. The molecule has 0 aliphatic rings. The van der Waals surface area contributed by atoms with Crippen molar-refractivity contribution in [2.24, 2.45) is 5.73 Å². The molecule has 5 nitrogen and oxygen atoms in total. The Kier molecular flexibility index (Phi) is 5.17. The van der Waals surface area contributed by atoms with Crippen LogP contribution in [0.25, 0.3) is 0 Å². The van der Waals surface area contributed by atoms with Crippen LogP contribution in [0, 0.1) is 22.0 Å². The third kappa shape index (κ3) is 3.95. The fourth-order valence-electron chi connectivity index (χ4n) is 1.59. The lowest BCUT2D eigenvalue weighted by atomic mass is 10.3. The van der Waals surface area contributed by atoms with Crippen molar-refractivity contribution in [3.8, 4) is 17.6 Å². The lowest BCUT2D eigenvalue weighted by molar-refractivity contribution is -0.385. The van der Waals surface area contributed by atoms with Crippen LogP contribution in [0.2, 0.25) is 5.02 Å². The van der Waals surface area contributed by atoms with Gasteiger partial charge in [0.05, 0.1) is 21.4 Å². The predicted octanol–water partition coefficient (Wildman–Crippen LogP) is 3.20. The van der Waals surface area contributed by atoms with E-state index in [0.29, 0.717) is 6.54 Å². The van der Waals surface area contributed by atoms with Crippen LogP contribution in [0.1, 0.15) is 9.75 Å². The smallest absolute Gasteiger partial charge is 0.312 e. The summed E-state index contributed by atoms with van der Waals surface area (Å²) in [7, 11) is 0. The van der Waals surface area contributed by atoms with Crippen LogP contribution in [-0.2, 0) is 6.61 Å². The second-order valence-corrected chi connectivity index (χ2v) is 5.48. The zero-order valence-corrected chi connectivity index (χ0v) is 12.4. The molecule has 0 spiro atoms. The second-order valence-electron chi connectivity index (χ2n) is 3.91. The number of hydrogen-bond donors (Lipinski definition) is 1. The number of nitrogens with zero attached hydrogens (tertiary/aromatic N) is 1. The van der Waals surface area contributed by atoms with Crippen LogP contribution in [0.3, 0.4) is 0 Å². The zero-order valence-electron chi connectivity index (χ0n) is 10.8. The third-order valence-corrected chi connectivity index (χ3v) is 3.75. The quantitative estimate of drug-likeness (QED) is 0.532. The summed E-state index contributed by atoms with van der Waals surface area (Å²) in [5.74, 6) is 5.76. The van der Waals surface area contributed by atoms with Crippen molar-refractivity contribution >= 4 is 28.6 Å². The van der Waals surface area contributed by atoms with E-state index in [4.69, 9.17) is 22.1 Å². The molecule has 108 valence electrons. The predicted molar refractivity (Wildman–Crippen MR) is 82.7 cm³/mol. The molecule has 1 heterocycles. The Bertz CT molecular complexity index is 718. The lowest BCUT2D eigenvalue weighted by Crippen LogP contribution is -1.98. The molecule has 2 N–H and O–H groups in total. The van der Waals surface area contributed by atoms with Gasteiger partial charge in [-0.25, -0.2) is 0 Å². The van der Waals surface area contributed by atoms with Crippen LogP contribution >= 0.6 is 22.9 Å². The average molecular weight is 323 g/mol. The van der Waals surface area contributed by atoms with E-state index in [9.17, 15) is 10.1 Å². The minimum atomic E-state index is -0.520. The van der Waals surface area contributed by atoms with Gasteiger partial charge in [-0.1, -0.05) is 29.5 Å². The van der Waals surface area contributed by atoms with Gasteiger partial charge in [0.15, 0.2) is 0 Å². The van der Waals surface area contributed by atoms with Gasteiger partial charge < -0.3 is 10.5 Å². The number of nitro benzene ring substituents is 1. The van der Waals surface area contributed by atoms with Gasteiger partial charge in [-0.15, -0.1) is 11.3 Å². The van der Waals surface area contributed by atoms with E-state index < -0.39 is 4.92 Å². The first-order valence-electron chi connectivity index (χ1n) is 5.95. The van der Waals surface area contributed by atoms with E-state index >= 15 is 0 Å². The topological polar surface area (TPSA) is 78.4 Å². The molecule has 7 heteroatoms. The van der Waals surface area contributed by atoms with Crippen LogP contribution in [0.5, 0.6) is 5.75 Å². The number of thiophene rings is 1. The minimum absolute atomic E-state index is 0.0761. The van der Waals surface area contributed by atoms with Crippen LogP contribution in [-0.4, -0.2) is 11.5 Å². The summed E-state index contributed by atoms with van der Waals surface area (Å²) < 4.78 is 5.50. The van der Waals surface area contributed by atoms with E-state index in [1.165, 1.54) is 23.5 Å². The summed E-state index contributed by atoms with van der Waals surface area (Å²) in [6.45, 7) is 0.495. The molecule has 0 aliphatic carbocycles. The number of nitrogens with two attached hydrogens (primary N) is 1. The van der Waals surface area contributed by atoms with E-state index in [1.807, 2.05) is 12.1 Å². The van der Waals surface area contributed by atoms with Gasteiger partial charge in [-0.3, -0.25) is 10.1 Å². The number of hydrogen-bond acceptors (Lipinski definition) is 5. The summed E-state index contributed by atoms with van der Waals surface area (Å²) >= 11 is 7.40. The van der Waals surface area contributed by atoms with Crippen molar-refractivity contribution < 1.29 is 9.66 Å². The van der Waals surface area contributed by atoms with Crippen LogP contribution in [0.4, 0.5) is 5.69 Å². The van der Waals surface area contributed by atoms with Crippen molar-refractivity contribution in [2.45, 2.75) is 6.61 Å². The SMILES string of the molecule is NCC#Cc1ccc(COc2c(Cl)cccc2[N+](=O)[O-])s1. The van der Waals surface area contributed by atoms with E-state index in [-0.39, 0.29) is 23.1 Å². The Balaban J connectivity index is 2.13. The van der Waals surface area contributed by atoms with Crippen LogP contribution in [0.15, 0.2) is 30.3 Å². The summed E-state index contributed by atoms with van der Waals surface area (Å²) in [6, 6.07) is 8.13. The number of benzene rings is 1. The van der Waals surface area contributed by atoms with Gasteiger partial charge in [0.25, 0.3) is 0 Å². The normalized spacial score (nSPS) is 9.81. The monoisotopic (exact) mass is 322 g/mol. The maximum Gasteiger partial charge on any atom is 0.312 e. The van der Waals surface area contributed by atoms with Crippen molar-refractivity contribution in [3.63, 3.8) is 0 Å². The highest BCUT2D eigenvalue weighted by molar-refractivity contribution is 7.12. The first-order chi connectivity index (χ1) is 10.1. The minimum Gasteiger partial charge on any atom is -0.480 e. The zero-order chi connectivity index (χ0) is 15.2. The molecule has 0 saturated heterocycles. The van der Waals surface area contributed by atoms with E-state index in [1.54, 1.807) is 6.07 Å². The first-order valence-corrected chi connectivity index (χ1v) is 7.14. The molecule has 0 amide bonds. The van der Waals surface area contributed by atoms with Gasteiger partial charge >= 0.3 is 5.69 Å². The Hall–Kier alpha value is -2.07. The molecular formula is C14H11ClN2O3S. The molecule has 0 saturated carbocycles. The Morgan fingerprint density at radius 3 is 2.90 bits per heavy atom. The lowest BCUT2D eigenvalue weighted by Gasteiger charge is -2.06. The van der Waals surface area contributed by atoms with Gasteiger partial charge in [-0.05, 0) is 18.2 Å². The molecule has 0 aliphatic heterocycles. The third-order valence-electron chi connectivity index (χ3n) is 2.48. The van der Waals surface area contributed by atoms with Gasteiger partial charge in [0, 0.05) is 10.9 Å². The van der Waals surface area contributed by atoms with Crippen molar-refractivity contribution in [1.82, 2.24) is 0 Å². The molecule has 2 aromatic rings. The number of para-hydroxylation sites is 1. The van der Waals surface area contributed by atoms with Crippen molar-refractivity contribution in [1.29, 1.82) is 0 Å². The van der Waals surface area contributed by atoms with Crippen molar-refractivity contribution in [2.75, 3.05) is 6.54 Å². The van der Waals surface area contributed by atoms with Crippen LogP contribution < -0.4 is 10.5 Å². The van der Waals surface area contributed by atoms with Crippen molar-refractivity contribution in [3.05, 3.63) is 55.2 Å². The maximum atomic E-state index is 10.9. The molecular weight excluding hydrogens is 312 g/mol. The molecule has 1 aromatic heterocycles. The highest BCUT2D eigenvalue weighted by Gasteiger charge is 2.18. The fourth-order valence-corrected chi connectivity index (χ4v) is 2.61. The highest BCUT2D eigenvalue weighted by Crippen LogP contribution is 2.35. The van der Waals surface area contributed by atoms with E-state index in [0.717, 1.165) is 9.75 Å². The number of halogens is 1. The molecule has 2 rings (SSSR count). The average Bonchev–Trinajstić information content (AvgIpc) is 2.91. The summed E-state index contributed by atoms with van der Waals surface area (Å²) in [5.41, 5.74) is 5.16. The number of nitro groups is 1. The Morgan fingerprint density at radius 2 is 2.19 bits per heavy atom. The second kappa shape index (κ2) is 7.09. The highest BCUT2D eigenvalue weighted by atomic mass is 35.5. The summed E-state index contributed by atoms with van der Waals surface area (Å²) in [6.07, 6.45) is 0. The van der Waals surface area contributed by atoms with E-state index in [2.05, 4.69) is 11.8 Å². The Morgan fingerprint density at radius 1 is 1.38 bits per heavy atom. The largest absolute Gasteiger partial charge is 0.480 e. The molecule has 21 heavy (non-hydrogen) atoms. The maximum absolute atomic E-state index is 10.9. The Labute approximate surface area is 130 Å². The van der Waals surface area contributed by atoms with Gasteiger partial charge in [0.1, 0.15) is 6.61 Å². The first kappa shape index (κ1) is 15.3. The fraction of sp³-hybridized carbons (Fsp3) is 0.143. The van der Waals surface area contributed by atoms with Gasteiger partial charge in [0.2, 0.25) is 5.75 Å². The van der Waals surface area contributed by atoms with Gasteiger partial charge in [-0.2, -0.15) is 0 Å².